The summed E-state index contributed by atoms with van der Waals surface area (Å²) in [6.07, 6.45) is 2.05. The van der Waals surface area contributed by atoms with Gasteiger partial charge in [-0.3, -0.25) is 9.59 Å². The molecule has 170 valence electrons. The molecule has 0 saturated carbocycles. The van der Waals surface area contributed by atoms with Crippen LogP contribution in [-0.2, 0) is 0 Å². The second-order valence-corrected chi connectivity index (χ2v) is 7.43. The first kappa shape index (κ1) is 22.7. The molecule has 0 atom stereocenters. The standard InChI is InChI=1S/C27H22N2O5/c1-18(30)20-8-12-23(13-9-20)33-26-17-16-25(32-22-6-4-3-5-7-22)28-27(29-26)34-24-14-10-21(11-15-24)19(2)31/h3-15,17H,16H2,1-2H3. The maximum atomic E-state index is 11.5. The Morgan fingerprint density at radius 1 is 0.647 bits per heavy atom. The number of benzene rings is 3. The van der Waals surface area contributed by atoms with Crippen LogP contribution in [0.1, 0.15) is 41.0 Å². The summed E-state index contributed by atoms with van der Waals surface area (Å²) in [5.74, 6) is 2.17. The van der Waals surface area contributed by atoms with Crippen LogP contribution in [0.4, 0.5) is 0 Å². The van der Waals surface area contributed by atoms with Crippen LogP contribution < -0.4 is 14.2 Å². The molecule has 0 radical (unpaired) electrons. The average molecular weight is 454 g/mol. The molecule has 3 aromatic rings. The first-order chi connectivity index (χ1) is 16.5. The fraction of sp³-hybridized carbons (Fsp3) is 0.111. The minimum Gasteiger partial charge on any atom is -0.442 e. The molecule has 0 N–H and O–H groups in total. The van der Waals surface area contributed by atoms with E-state index >= 15 is 0 Å². The third-order valence-electron chi connectivity index (χ3n) is 4.81. The van der Waals surface area contributed by atoms with Crippen LogP contribution in [0.3, 0.4) is 0 Å². The number of hydrogen-bond acceptors (Lipinski definition) is 7. The Bertz CT molecular complexity index is 1270. The second-order valence-electron chi connectivity index (χ2n) is 7.43. The fourth-order valence-corrected chi connectivity index (χ4v) is 3.03. The summed E-state index contributed by atoms with van der Waals surface area (Å²) < 4.78 is 17.7. The van der Waals surface area contributed by atoms with Crippen molar-refractivity contribution >= 4 is 23.5 Å². The van der Waals surface area contributed by atoms with Crippen molar-refractivity contribution in [2.75, 3.05) is 0 Å². The topological polar surface area (TPSA) is 86.5 Å². The Morgan fingerprint density at radius 2 is 1.18 bits per heavy atom. The van der Waals surface area contributed by atoms with E-state index in [2.05, 4.69) is 9.98 Å². The smallest absolute Gasteiger partial charge is 0.328 e. The van der Waals surface area contributed by atoms with E-state index in [1.54, 1.807) is 54.6 Å². The first-order valence-corrected chi connectivity index (χ1v) is 10.6. The van der Waals surface area contributed by atoms with Gasteiger partial charge in [0.15, 0.2) is 11.6 Å². The summed E-state index contributed by atoms with van der Waals surface area (Å²) in [6, 6.07) is 22.7. The molecule has 0 unspecified atom stereocenters. The number of amidine groups is 1. The highest BCUT2D eigenvalue weighted by molar-refractivity contribution is 5.95. The molecule has 7 nitrogen and oxygen atoms in total. The molecule has 0 aliphatic carbocycles. The summed E-state index contributed by atoms with van der Waals surface area (Å²) in [6.45, 7) is 3.01. The molecule has 3 aromatic carbocycles. The Labute approximate surface area is 197 Å². The number of Topliss-reactive ketones (excluding diaryl/α,β-unsaturated/α-hetero) is 2. The van der Waals surface area contributed by atoms with Gasteiger partial charge in [0, 0.05) is 17.5 Å². The third kappa shape index (κ3) is 6.04. The van der Waals surface area contributed by atoms with Gasteiger partial charge < -0.3 is 14.2 Å². The Hall–Kier alpha value is -4.52. The minimum atomic E-state index is -0.0377. The van der Waals surface area contributed by atoms with Gasteiger partial charge in [0.2, 0.25) is 11.8 Å². The number of hydrogen-bond donors (Lipinski definition) is 0. The van der Waals surface area contributed by atoms with Crippen LogP contribution in [0.15, 0.2) is 101 Å². The monoisotopic (exact) mass is 454 g/mol. The molecular weight excluding hydrogens is 432 g/mol. The Kier molecular flexibility index (Phi) is 6.93. The zero-order valence-corrected chi connectivity index (χ0v) is 18.7. The largest absolute Gasteiger partial charge is 0.442 e. The van der Waals surface area contributed by atoms with Gasteiger partial charge in [0.1, 0.15) is 17.2 Å². The van der Waals surface area contributed by atoms with Crippen molar-refractivity contribution in [3.8, 4) is 17.2 Å². The molecule has 1 aliphatic heterocycles. The van der Waals surface area contributed by atoms with E-state index in [9.17, 15) is 9.59 Å². The maximum absolute atomic E-state index is 11.5. The molecule has 1 heterocycles. The number of aliphatic imine (C=N–C) groups is 2. The molecule has 7 heteroatoms. The highest BCUT2D eigenvalue weighted by Crippen LogP contribution is 2.21. The van der Waals surface area contributed by atoms with Crippen LogP contribution in [0, 0.1) is 0 Å². The van der Waals surface area contributed by atoms with Gasteiger partial charge in [-0.15, -0.1) is 0 Å². The number of carbonyl (C=O) groups excluding carboxylic acids is 2. The van der Waals surface area contributed by atoms with Crippen molar-refractivity contribution in [3.05, 3.63) is 102 Å². The number of rotatable bonds is 6. The number of carbonyl (C=O) groups is 2. The number of para-hydroxylation sites is 1. The van der Waals surface area contributed by atoms with E-state index < -0.39 is 0 Å². The zero-order valence-electron chi connectivity index (χ0n) is 18.7. The van der Waals surface area contributed by atoms with Gasteiger partial charge >= 0.3 is 6.02 Å². The third-order valence-corrected chi connectivity index (χ3v) is 4.81. The number of nitrogens with zero attached hydrogens (tertiary/aromatic N) is 2. The molecule has 1 aliphatic rings. The van der Waals surface area contributed by atoms with Gasteiger partial charge in [-0.2, -0.15) is 9.98 Å². The SMILES string of the molecule is CC(=O)c1ccc(OC2=CCC(Oc3ccccc3)=NC(Oc3ccc(C(C)=O)cc3)=N2)cc1. The van der Waals surface area contributed by atoms with E-state index in [1.807, 2.05) is 30.3 Å². The predicted molar refractivity (Wildman–Crippen MR) is 129 cm³/mol. The average Bonchev–Trinajstić information content (AvgIpc) is 3.02. The van der Waals surface area contributed by atoms with E-state index in [0.29, 0.717) is 40.7 Å². The van der Waals surface area contributed by atoms with Crippen molar-refractivity contribution in [1.82, 2.24) is 0 Å². The Balaban J connectivity index is 1.58. The van der Waals surface area contributed by atoms with E-state index in [4.69, 9.17) is 14.2 Å². The van der Waals surface area contributed by atoms with Crippen LogP contribution >= 0.6 is 0 Å². The van der Waals surface area contributed by atoms with Gasteiger partial charge in [0.05, 0.1) is 0 Å². The van der Waals surface area contributed by atoms with Crippen molar-refractivity contribution in [3.63, 3.8) is 0 Å². The number of ether oxygens (including phenoxy) is 3. The van der Waals surface area contributed by atoms with Gasteiger partial charge in [-0.05, 0) is 80.6 Å². The van der Waals surface area contributed by atoms with Gasteiger partial charge in [-0.1, -0.05) is 18.2 Å². The molecule has 0 aromatic heterocycles. The molecule has 0 spiro atoms. The maximum Gasteiger partial charge on any atom is 0.328 e. The van der Waals surface area contributed by atoms with Crippen molar-refractivity contribution < 1.29 is 23.8 Å². The lowest BCUT2D eigenvalue weighted by molar-refractivity contribution is 0.100. The van der Waals surface area contributed by atoms with Crippen molar-refractivity contribution in [2.24, 2.45) is 9.98 Å². The first-order valence-electron chi connectivity index (χ1n) is 10.6. The van der Waals surface area contributed by atoms with Crippen LogP contribution in [0.2, 0.25) is 0 Å². The molecule has 34 heavy (non-hydrogen) atoms. The lowest BCUT2D eigenvalue weighted by Gasteiger charge is -2.08. The highest BCUT2D eigenvalue weighted by atomic mass is 16.5. The predicted octanol–water partition coefficient (Wildman–Crippen LogP) is 5.63. The summed E-state index contributed by atoms with van der Waals surface area (Å²) in [5.41, 5.74) is 1.16. The highest BCUT2D eigenvalue weighted by Gasteiger charge is 2.15. The van der Waals surface area contributed by atoms with Crippen LogP contribution in [0.25, 0.3) is 0 Å². The summed E-state index contributed by atoms with van der Waals surface area (Å²) in [4.78, 5) is 31.9. The van der Waals surface area contributed by atoms with Crippen molar-refractivity contribution in [1.29, 1.82) is 0 Å². The summed E-state index contributed by atoms with van der Waals surface area (Å²) in [5, 5.41) is 0. The lowest BCUT2D eigenvalue weighted by atomic mass is 10.1. The fourth-order valence-electron chi connectivity index (χ4n) is 3.03. The van der Waals surface area contributed by atoms with Crippen LogP contribution in [-0.4, -0.2) is 23.5 Å². The summed E-state index contributed by atoms with van der Waals surface area (Å²) in [7, 11) is 0. The Morgan fingerprint density at radius 3 is 1.74 bits per heavy atom. The van der Waals surface area contributed by atoms with E-state index in [-0.39, 0.29) is 23.5 Å². The van der Waals surface area contributed by atoms with E-state index in [0.717, 1.165) is 0 Å². The van der Waals surface area contributed by atoms with Crippen LogP contribution in [0.5, 0.6) is 17.2 Å². The van der Waals surface area contributed by atoms with Gasteiger partial charge in [-0.25, -0.2) is 0 Å². The molecule has 0 saturated heterocycles. The summed E-state index contributed by atoms with van der Waals surface area (Å²) >= 11 is 0. The molecule has 0 amide bonds. The minimum absolute atomic E-state index is 0.0191. The second kappa shape index (κ2) is 10.4. The molecular formula is C27H22N2O5. The quantitative estimate of drug-likeness (QED) is 0.451. The van der Waals surface area contributed by atoms with Crippen molar-refractivity contribution in [2.45, 2.75) is 20.3 Å². The normalized spacial score (nSPS) is 13.1. The molecule has 0 fully saturated rings. The zero-order chi connectivity index (χ0) is 23.9. The molecule has 0 bridgehead atoms. The van der Waals surface area contributed by atoms with Gasteiger partial charge in [0.25, 0.3) is 0 Å². The molecule has 4 rings (SSSR count). The lowest BCUT2D eigenvalue weighted by Crippen LogP contribution is -2.13. The number of ketones is 2. The van der Waals surface area contributed by atoms with E-state index in [1.165, 1.54) is 13.8 Å².